The maximum atomic E-state index is 13.9. The second-order valence-corrected chi connectivity index (χ2v) is 6.83. The van der Waals surface area contributed by atoms with Gasteiger partial charge in [0.25, 0.3) is 0 Å². The van der Waals surface area contributed by atoms with E-state index in [0.717, 1.165) is 23.1 Å². The summed E-state index contributed by atoms with van der Waals surface area (Å²) in [6.07, 6.45) is 3.70. The SMILES string of the molecule is CC(C)NCC1CCCCN1Cc1cc(Br)ccc1F. The first-order chi connectivity index (χ1) is 9.56. The lowest BCUT2D eigenvalue weighted by Crippen LogP contribution is -2.46. The summed E-state index contributed by atoms with van der Waals surface area (Å²) in [6, 6.07) is 6.22. The van der Waals surface area contributed by atoms with Crippen LogP contribution < -0.4 is 5.32 Å². The first-order valence-corrected chi connectivity index (χ1v) is 8.27. The summed E-state index contributed by atoms with van der Waals surface area (Å²) in [4.78, 5) is 2.42. The number of benzene rings is 1. The quantitative estimate of drug-likeness (QED) is 0.871. The van der Waals surface area contributed by atoms with Gasteiger partial charge in [0.2, 0.25) is 0 Å². The van der Waals surface area contributed by atoms with Gasteiger partial charge in [-0.2, -0.15) is 0 Å². The van der Waals surface area contributed by atoms with Crippen molar-refractivity contribution in [3.63, 3.8) is 0 Å². The van der Waals surface area contributed by atoms with Crippen molar-refractivity contribution < 1.29 is 4.39 Å². The number of likely N-dealkylation sites (tertiary alicyclic amines) is 1. The normalized spacial score (nSPS) is 20.6. The monoisotopic (exact) mass is 342 g/mol. The van der Waals surface area contributed by atoms with Crippen molar-refractivity contribution >= 4 is 15.9 Å². The molecule has 1 atom stereocenters. The number of nitrogens with zero attached hydrogens (tertiary/aromatic N) is 1. The Kier molecular flexibility index (Phi) is 6.00. The van der Waals surface area contributed by atoms with Crippen LogP contribution in [0.5, 0.6) is 0 Å². The highest BCUT2D eigenvalue weighted by molar-refractivity contribution is 9.10. The highest BCUT2D eigenvalue weighted by Crippen LogP contribution is 2.22. The highest BCUT2D eigenvalue weighted by atomic mass is 79.9. The molecule has 2 nitrogen and oxygen atoms in total. The summed E-state index contributed by atoms with van der Waals surface area (Å²) in [5.74, 6) is -0.102. The molecule has 0 bridgehead atoms. The Morgan fingerprint density at radius 1 is 1.40 bits per heavy atom. The van der Waals surface area contributed by atoms with Gasteiger partial charge in [0.1, 0.15) is 5.82 Å². The summed E-state index contributed by atoms with van der Waals surface area (Å²) in [5.41, 5.74) is 0.788. The maximum Gasteiger partial charge on any atom is 0.127 e. The zero-order valence-corrected chi connectivity index (χ0v) is 13.9. The van der Waals surface area contributed by atoms with Crippen LogP contribution in [0.3, 0.4) is 0 Å². The van der Waals surface area contributed by atoms with E-state index in [1.807, 2.05) is 6.07 Å². The van der Waals surface area contributed by atoms with Crippen LogP contribution in [-0.4, -0.2) is 30.1 Å². The van der Waals surface area contributed by atoms with E-state index in [-0.39, 0.29) is 5.82 Å². The van der Waals surface area contributed by atoms with Crippen molar-refractivity contribution in [2.45, 2.75) is 51.7 Å². The molecule has 20 heavy (non-hydrogen) atoms. The van der Waals surface area contributed by atoms with Crippen molar-refractivity contribution in [2.24, 2.45) is 0 Å². The van der Waals surface area contributed by atoms with E-state index >= 15 is 0 Å². The van der Waals surface area contributed by atoms with Crippen LogP contribution in [-0.2, 0) is 6.54 Å². The molecule has 1 aliphatic heterocycles. The van der Waals surface area contributed by atoms with Crippen LogP contribution in [0, 0.1) is 5.82 Å². The number of rotatable bonds is 5. The molecule has 2 rings (SSSR count). The number of piperidine rings is 1. The molecule has 112 valence electrons. The minimum atomic E-state index is -0.102. The fourth-order valence-electron chi connectivity index (χ4n) is 2.75. The van der Waals surface area contributed by atoms with E-state index in [9.17, 15) is 4.39 Å². The van der Waals surface area contributed by atoms with Gasteiger partial charge in [-0.15, -0.1) is 0 Å². The average molecular weight is 343 g/mol. The van der Waals surface area contributed by atoms with E-state index in [4.69, 9.17) is 0 Å². The lowest BCUT2D eigenvalue weighted by molar-refractivity contribution is 0.134. The number of hydrogen-bond acceptors (Lipinski definition) is 2. The van der Waals surface area contributed by atoms with Crippen LogP contribution in [0.15, 0.2) is 22.7 Å². The molecule has 1 aliphatic rings. The van der Waals surface area contributed by atoms with Crippen molar-refractivity contribution in [3.05, 3.63) is 34.1 Å². The third kappa shape index (κ3) is 4.54. The number of nitrogens with one attached hydrogen (secondary N) is 1. The highest BCUT2D eigenvalue weighted by Gasteiger charge is 2.23. The molecule has 0 aromatic heterocycles. The van der Waals surface area contributed by atoms with E-state index in [1.54, 1.807) is 12.1 Å². The van der Waals surface area contributed by atoms with Crippen LogP contribution >= 0.6 is 15.9 Å². The second kappa shape index (κ2) is 7.53. The first kappa shape index (κ1) is 15.9. The Balaban J connectivity index is 2.02. The summed E-state index contributed by atoms with van der Waals surface area (Å²) in [6.45, 7) is 7.10. The second-order valence-electron chi connectivity index (χ2n) is 5.92. The maximum absolute atomic E-state index is 13.9. The number of halogens is 2. The Labute approximate surface area is 129 Å². The van der Waals surface area contributed by atoms with E-state index in [2.05, 4.69) is 40.0 Å². The lowest BCUT2D eigenvalue weighted by Gasteiger charge is -2.36. The summed E-state index contributed by atoms with van der Waals surface area (Å²) in [5, 5.41) is 3.51. The van der Waals surface area contributed by atoms with Crippen molar-refractivity contribution in [3.8, 4) is 0 Å². The Morgan fingerprint density at radius 3 is 2.95 bits per heavy atom. The zero-order chi connectivity index (χ0) is 14.5. The first-order valence-electron chi connectivity index (χ1n) is 7.47. The Bertz CT molecular complexity index is 436. The molecule has 1 unspecified atom stereocenters. The molecule has 0 saturated carbocycles. The van der Waals surface area contributed by atoms with Crippen LogP contribution in [0.2, 0.25) is 0 Å². The third-order valence-electron chi connectivity index (χ3n) is 3.89. The fraction of sp³-hybridized carbons (Fsp3) is 0.625. The molecule has 1 aromatic carbocycles. The van der Waals surface area contributed by atoms with E-state index < -0.39 is 0 Å². The minimum Gasteiger partial charge on any atom is -0.313 e. The van der Waals surface area contributed by atoms with Crippen molar-refractivity contribution in [2.75, 3.05) is 13.1 Å². The predicted molar refractivity (Wildman–Crippen MR) is 85.3 cm³/mol. The van der Waals surface area contributed by atoms with Crippen LogP contribution in [0.1, 0.15) is 38.7 Å². The van der Waals surface area contributed by atoms with E-state index in [1.165, 1.54) is 19.3 Å². The molecule has 0 radical (unpaired) electrons. The molecule has 0 spiro atoms. The lowest BCUT2D eigenvalue weighted by atomic mass is 10.0. The van der Waals surface area contributed by atoms with Gasteiger partial charge in [0, 0.05) is 35.2 Å². The van der Waals surface area contributed by atoms with Crippen molar-refractivity contribution in [1.29, 1.82) is 0 Å². The average Bonchev–Trinajstić information content (AvgIpc) is 2.42. The molecule has 0 aliphatic carbocycles. The molecular weight excluding hydrogens is 319 g/mol. The summed E-state index contributed by atoms with van der Waals surface area (Å²) >= 11 is 3.43. The third-order valence-corrected chi connectivity index (χ3v) is 4.39. The van der Waals surface area contributed by atoms with Gasteiger partial charge in [-0.05, 0) is 37.6 Å². The summed E-state index contributed by atoms with van der Waals surface area (Å²) in [7, 11) is 0. The van der Waals surface area contributed by atoms with E-state index in [0.29, 0.717) is 18.6 Å². The smallest absolute Gasteiger partial charge is 0.127 e. The van der Waals surface area contributed by atoms with Gasteiger partial charge in [0.15, 0.2) is 0 Å². The Hall–Kier alpha value is -0.450. The van der Waals surface area contributed by atoms with Gasteiger partial charge in [0.05, 0.1) is 0 Å². The van der Waals surface area contributed by atoms with Gasteiger partial charge >= 0.3 is 0 Å². The zero-order valence-electron chi connectivity index (χ0n) is 12.3. The summed E-state index contributed by atoms with van der Waals surface area (Å²) < 4.78 is 14.8. The van der Waals surface area contributed by atoms with Crippen molar-refractivity contribution in [1.82, 2.24) is 10.2 Å². The van der Waals surface area contributed by atoms with Crippen LogP contribution in [0.4, 0.5) is 4.39 Å². The predicted octanol–water partition coefficient (Wildman–Crippen LogP) is 3.94. The Morgan fingerprint density at radius 2 is 2.20 bits per heavy atom. The minimum absolute atomic E-state index is 0.102. The fourth-order valence-corrected chi connectivity index (χ4v) is 3.16. The molecule has 1 heterocycles. The molecule has 0 amide bonds. The molecule has 4 heteroatoms. The van der Waals surface area contributed by atoms with Crippen LogP contribution in [0.25, 0.3) is 0 Å². The van der Waals surface area contributed by atoms with Gasteiger partial charge in [-0.1, -0.05) is 36.2 Å². The topological polar surface area (TPSA) is 15.3 Å². The molecule has 1 aromatic rings. The molecule has 1 saturated heterocycles. The molecule has 1 fully saturated rings. The standard InChI is InChI=1S/C16H24BrFN2/c1-12(2)19-10-15-5-3-4-8-20(15)11-13-9-14(17)6-7-16(13)18/h6-7,9,12,15,19H,3-5,8,10-11H2,1-2H3. The largest absolute Gasteiger partial charge is 0.313 e. The van der Waals surface area contributed by atoms with Gasteiger partial charge < -0.3 is 5.32 Å². The number of hydrogen-bond donors (Lipinski definition) is 1. The molecular formula is C16H24BrFN2. The van der Waals surface area contributed by atoms with Gasteiger partial charge in [-0.3, -0.25) is 4.90 Å². The van der Waals surface area contributed by atoms with Gasteiger partial charge in [-0.25, -0.2) is 4.39 Å². The molecule has 1 N–H and O–H groups in total.